The predicted molar refractivity (Wildman–Crippen MR) is 100 cm³/mol. The molecule has 0 unspecified atom stereocenters. The molecule has 5 nitrogen and oxygen atoms in total. The standard InChI is InChI=1S/C20H17ClN2O3/c1-13(16-8-4-6-14-5-2-3-7-17(14)16)23-19(24)12-26-20(25)18-11-15(21)9-10-22-18/h2-11,13H,12H2,1H3,(H,23,24)/t13-/m0/s1. The van der Waals surface area contributed by atoms with Crippen LogP contribution in [-0.2, 0) is 9.53 Å². The number of ether oxygens (including phenoxy) is 1. The lowest BCUT2D eigenvalue weighted by atomic mass is 10.00. The lowest BCUT2D eigenvalue weighted by Gasteiger charge is -2.16. The maximum atomic E-state index is 12.1. The van der Waals surface area contributed by atoms with Crippen LogP contribution >= 0.6 is 11.6 Å². The highest BCUT2D eigenvalue weighted by Gasteiger charge is 2.15. The fourth-order valence-corrected chi connectivity index (χ4v) is 2.87. The first-order chi connectivity index (χ1) is 12.5. The summed E-state index contributed by atoms with van der Waals surface area (Å²) in [4.78, 5) is 27.9. The summed E-state index contributed by atoms with van der Waals surface area (Å²) in [5, 5.41) is 5.39. The molecule has 1 heterocycles. The first-order valence-electron chi connectivity index (χ1n) is 8.10. The maximum Gasteiger partial charge on any atom is 0.357 e. The van der Waals surface area contributed by atoms with Gasteiger partial charge in [-0.2, -0.15) is 0 Å². The number of rotatable bonds is 5. The Hall–Kier alpha value is -2.92. The summed E-state index contributed by atoms with van der Waals surface area (Å²) in [6.45, 7) is 1.50. The second-order valence-corrected chi connectivity index (χ2v) is 6.23. The smallest absolute Gasteiger partial charge is 0.357 e. The van der Waals surface area contributed by atoms with Gasteiger partial charge in [0.1, 0.15) is 5.69 Å². The molecule has 3 rings (SSSR count). The number of aromatic nitrogens is 1. The van der Waals surface area contributed by atoms with E-state index in [0.29, 0.717) is 5.02 Å². The molecule has 0 spiro atoms. The SMILES string of the molecule is C[C@H](NC(=O)COC(=O)c1cc(Cl)ccn1)c1cccc2ccccc12. The van der Waals surface area contributed by atoms with E-state index in [4.69, 9.17) is 16.3 Å². The Kier molecular flexibility index (Phi) is 5.49. The van der Waals surface area contributed by atoms with E-state index < -0.39 is 5.97 Å². The number of hydrogen-bond donors (Lipinski definition) is 1. The average molecular weight is 369 g/mol. The lowest BCUT2D eigenvalue weighted by molar-refractivity contribution is -0.124. The van der Waals surface area contributed by atoms with Crippen molar-refractivity contribution >= 4 is 34.2 Å². The molecule has 0 radical (unpaired) electrons. The van der Waals surface area contributed by atoms with Crippen LogP contribution in [0.5, 0.6) is 0 Å². The van der Waals surface area contributed by atoms with Gasteiger partial charge in [-0.05, 0) is 35.4 Å². The van der Waals surface area contributed by atoms with Crippen LogP contribution < -0.4 is 5.32 Å². The Balaban J connectivity index is 1.61. The van der Waals surface area contributed by atoms with Gasteiger partial charge in [-0.3, -0.25) is 4.79 Å². The van der Waals surface area contributed by atoms with Gasteiger partial charge in [0.05, 0.1) is 6.04 Å². The van der Waals surface area contributed by atoms with Crippen molar-refractivity contribution in [2.75, 3.05) is 6.61 Å². The summed E-state index contributed by atoms with van der Waals surface area (Å²) in [6.07, 6.45) is 1.40. The molecule has 0 saturated carbocycles. The average Bonchev–Trinajstić information content (AvgIpc) is 2.65. The van der Waals surface area contributed by atoms with Gasteiger partial charge in [0, 0.05) is 11.2 Å². The molecule has 0 saturated heterocycles. The Bertz CT molecular complexity index is 953. The number of carbonyl (C=O) groups excluding carboxylic acids is 2. The molecule has 0 aliphatic rings. The second-order valence-electron chi connectivity index (χ2n) is 5.79. The minimum atomic E-state index is -0.694. The number of pyridine rings is 1. The van der Waals surface area contributed by atoms with E-state index in [-0.39, 0.29) is 24.2 Å². The van der Waals surface area contributed by atoms with Gasteiger partial charge in [-0.15, -0.1) is 0 Å². The maximum absolute atomic E-state index is 12.1. The van der Waals surface area contributed by atoms with E-state index in [0.717, 1.165) is 16.3 Å². The topological polar surface area (TPSA) is 68.3 Å². The van der Waals surface area contributed by atoms with E-state index >= 15 is 0 Å². The third-order valence-electron chi connectivity index (χ3n) is 3.93. The van der Waals surface area contributed by atoms with Crippen LogP contribution in [0.3, 0.4) is 0 Å². The molecule has 1 N–H and O–H groups in total. The zero-order valence-corrected chi connectivity index (χ0v) is 14.9. The van der Waals surface area contributed by atoms with E-state index in [1.165, 1.54) is 12.3 Å². The Labute approximate surface area is 156 Å². The number of fused-ring (bicyclic) bond motifs is 1. The monoisotopic (exact) mass is 368 g/mol. The molecule has 0 bridgehead atoms. The van der Waals surface area contributed by atoms with Crippen LogP contribution in [0.4, 0.5) is 0 Å². The van der Waals surface area contributed by atoms with Crippen LogP contribution in [0, 0.1) is 0 Å². The van der Waals surface area contributed by atoms with Crippen LogP contribution in [0.25, 0.3) is 10.8 Å². The third kappa shape index (κ3) is 4.18. The molecule has 3 aromatic rings. The zero-order chi connectivity index (χ0) is 18.5. The molecular weight excluding hydrogens is 352 g/mol. The van der Waals surface area contributed by atoms with Gasteiger partial charge in [0.15, 0.2) is 6.61 Å². The van der Waals surface area contributed by atoms with E-state index in [2.05, 4.69) is 10.3 Å². The van der Waals surface area contributed by atoms with Crippen LogP contribution in [0.2, 0.25) is 5.02 Å². The van der Waals surface area contributed by atoms with Gasteiger partial charge in [-0.1, -0.05) is 54.1 Å². The number of nitrogens with one attached hydrogen (secondary N) is 1. The molecule has 1 amide bonds. The van der Waals surface area contributed by atoms with E-state index in [1.54, 1.807) is 6.07 Å². The molecule has 0 fully saturated rings. The molecular formula is C20H17ClN2O3. The van der Waals surface area contributed by atoms with E-state index in [1.807, 2.05) is 49.4 Å². The first kappa shape index (κ1) is 17.9. The number of halogens is 1. The number of carbonyl (C=O) groups is 2. The van der Waals surface area contributed by atoms with Crippen molar-refractivity contribution in [3.05, 3.63) is 77.1 Å². The van der Waals surface area contributed by atoms with Gasteiger partial charge in [0.2, 0.25) is 0 Å². The summed E-state index contributed by atoms with van der Waals surface area (Å²) in [5.41, 5.74) is 1.06. The van der Waals surface area contributed by atoms with Crippen molar-refractivity contribution in [3.63, 3.8) is 0 Å². The van der Waals surface area contributed by atoms with Crippen molar-refractivity contribution in [1.29, 1.82) is 0 Å². The Morgan fingerprint density at radius 3 is 2.73 bits per heavy atom. The van der Waals surface area contributed by atoms with Gasteiger partial charge in [0.25, 0.3) is 5.91 Å². The highest BCUT2D eigenvalue weighted by molar-refractivity contribution is 6.30. The first-order valence-corrected chi connectivity index (χ1v) is 8.48. The van der Waals surface area contributed by atoms with Gasteiger partial charge in [-0.25, -0.2) is 9.78 Å². The highest BCUT2D eigenvalue weighted by atomic mass is 35.5. The predicted octanol–water partition coefficient (Wildman–Crippen LogP) is 3.92. The Morgan fingerprint density at radius 2 is 1.92 bits per heavy atom. The molecule has 0 aliphatic carbocycles. The molecule has 1 aromatic heterocycles. The summed E-state index contributed by atoms with van der Waals surface area (Å²) in [6, 6.07) is 16.6. The van der Waals surface area contributed by atoms with Gasteiger partial charge < -0.3 is 10.1 Å². The largest absolute Gasteiger partial charge is 0.451 e. The number of nitrogens with zero attached hydrogens (tertiary/aromatic N) is 1. The van der Waals surface area contributed by atoms with Crippen LogP contribution in [-0.4, -0.2) is 23.5 Å². The van der Waals surface area contributed by atoms with Crippen molar-refractivity contribution in [1.82, 2.24) is 10.3 Å². The molecule has 0 aliphatic heterocycles. The fraction of sp³-hybridized carbons (Fsp3) is 0.150. The van der Waals surface area contributed by atoms with Gasteiger partial charge >= 0.3 is 5.97 Å². The summed E-state index contributed by atoms with van der Waals surface area (Å²) >= 11 is 5.81. The molecule has 1 atom stereocenters. The highest BCUT2D eigenvalue weighted by Crippen LogP contribution is 2.23. The van der Waals surface area contributed by atoms with E-state index in [9.17, 15) is 9.59 Å². The molecule has 6 heteroatoms. The minimum Gasteiger partial charge on any atom is -0.451 e. The normalized spacial score (nSPS) is 11.8. The quantitative estimate of drug-likeness (QED) is 0.693. The molecule has 2 aromatic carbocycles. The molecule has 26 heavy (non-hydrogen) atoms. The third-order valence-corrected chi connectivity index (χ3v) is 4.17. The van der Waals surface area contributed by atoms with Crippen molar-refractivity contribution < 1.29 is 14.3 Å². The number of benzene rings is 2. The fourth-order valence-electron chi connectivity index (χ4n) is 2.71. The number of amides is 1. The summed E-state index contributed by atoms with van der Waals surface area (Å²) in [7, 11) is 0. The number of esters is 1. The lowest BCUT2D eigenvalue weighted by Crippen LogP contribution is -2.31. The molecule has 132 valence electrons. The second kappa shape index (κ2) is 7.97. The zero-order valence-electron chi connectivity index (χ0n) is 14.1. The number of hydrogen-bond acceptors (Lipinski definition) is 4. The minimum absolute atomic E-state index is 0.0624. The van der Waals surface area contributed by atoms with Crippen LogP contribution in [0.1, 0.15) is 29.0 Å². The van der Waals surface area contributed by atoms with Crippen molar-refractivity contribution in [2.24, 2.45) is 0 Å². The summed E-state index contributed by atoms with van der Waals surface area (Å²) < 4.78 is 5.00. The van der Waals surface area contributed by atoms with Crippen LogP contribution in [0.15, 0.2) is 60.8 Å². The summed E-state index contributed by atoms with van der Waals surface area (Å²) in [5.74, 6) is -1.08. The van der Waals surface area contributed by atoms with Crippen molar-refractivity contribution in [2.45, 2.75) is 13.0 Å². The Morgan fingerprint density at radius 1 is 1.15 bits per heavy atom. The van der Waals surface area contributed by atoms with Crippen molar-refractivity contribution in [3.8, 4) is 0 Å².